The normalized spacial score (nSPS) is 19.7. The van der Waals surface area contributed by atoms with Crippen LogP contribution in [0.25, 0.3) is 0 Å². The van der Waals surface area contributed by atoms with E-state index >= 15 is 0 Å². The van der Waals surface area contributed by atoms with Crippen LogP contribution in [0.1, 0.15) is 16.7 Å². The second-order valence-electron chi connectivity index (χ2n) is 8.77. The van der Waals surface area contributed by atoms with Crippen molar-refractivity contribution in [3.05, 3.63) is 83.6 Å². The van der Waals surface area contributed by atoms with Crippen molar-refractivity contribution in [2.45, 2.75) is 25.2 Å². The number of hydrogen-bond donors (Lipinski definition) is 1. The van der Waals surface area contributed by atoms with Gasteiger partial charge in [0.25, 0.3) is 0 Å². The molecule has 5 rings (SSSR count). The minimum absolute atomic E-state index is 0.185. The lowest BCUT2D eigenvalue weighted by atomic mass is 9.82. The van der Waals surface area contributed by atoms with Crippen LogP contribution in [0, 0.1) is 11.7 Å². The molecule has 3 aromatic rings. The molecule has 0 spiro atoms. The predicted molar refractivity (Wildman–Crippen MR) is 122 cm³/mol. The Morgan fingerprint density at radius 1 is 1.09 bits per heavy atom. The molecule has 0 unspecified atom stereocenters. The lowest BCUT2D eigenvalue weighted by Crippen LogP contribution is -2.61. The van der Waals surface area contributed by atoms with Crippen molar-refractivity contribution in [1.82, 2.24) is 15.3 Å². The summed E-state index contributed by atoms with van der Waals surface area (Å²) in [5, 5.41) is 2.89. The quantitative estimate of drug-likeness (QED) is 0.570. The van der Waals surface area contributed by atoms with Gasteiger partial charge in [0, 0.05) is 44.3 Å². The fourth-order valence-electron chi connectivity index (χ4n) is 4.88. The molecule has 0 bridgehead atoms. The summed E-state index contributed by atoms with van der Waals surface area (Å²) in [6.45, 7) is 1.81. The van der Waals surface area contributed by atoms with Gasteiger partial charge in [-0.15, -0.1) is 0 Å². The van der Waals surface area contributed by atoms with E-state index < -0.39 is 17.7 Å². The standard InChI is InChI=1S/C25H23F4N5O/c26-19-4-1-16(2-5-19)13-32-24(35)20-12-17-11-18(25(27,28)29)3-6-21(17)34-10-9-33(15-22(20)34)23-14-30-7-8-31-23/h1-8,11,14,20,22H,9-10,12-13,15H2,(H,32,35)/t20-,22+/m1/s1. The van der Waals surface area contributed by atoms with Crippen molar-refractivity contribution < 1.29 is 22.4 Å². The lowest BCUT2D eigenvalue weighted by Gasteiger charge is -2.49. The van der Waals surface area contributed by atoms with Crippen molar-refractivity contribution in [2.75, 3.05) is 29.4 Å². The van der Waals surface area contributed by atoms with E-state index in [4.69, 9.17) is 0 Å². The first-order valence-corrected chi connectivity index (χ1v) is 11.3. The highest BCUT2D eigenvalue weighted by Gasteiger charge is 2.43. The highest BCUT2D eigenvalue weighted by atomic mass is 19.4. The number of anilines is 2. The number of piperazine rings is 1. The average Bonchev–Trinajstić information content (AvgIpc) is 2.87. The number of fused-ring (bicyclic) bond motifs is 3. The van der Waals surface area contributed by atoms with E-state index in [1.165, 1.54) is 18.2 Å². The maximum atomic E-state index is 13.4. The lowest BCUT2D eigenvalue weighted by molar-refractivity contribution is -0.137. The second kappa shape index (κ2) is 9.16. The molecule has 182 valence electrons. The molecular formula is C25H23F4N5O. The monoisotopic (exact) mass is 485 g/mol. The molecule has 3 heterocycles. The van der Waals surface area contributed by atoms with Crippen LogP contribution >= 0.6 is 0 Å². The summed E-state index contributed by atoms with van der Waals surface area (Å²) in [5.74, 6) is -0.512. The van der Waals surface area contributed by atoms with Crippen molar-refractivity contribution >= 4 is 17.4 Å². The van der Waals surface area contributed by atoms with Crippen LogP contribution in [0.4, 0.5) is 29.1 Å². The van der Waals surface area contributed by atoms with Crippen LogP contribution in [0.5, 0.6) is 0 Å². The molecule has 0 saturated carbocycles. The smallest absolute Gasteiger partial charge is 0.364 e. The minimum Gasteiger partial charge on any atom is -0.364 e. The van der Waals surface area contributed by atoms with E-state index in [-0.39, 0.29) is 30.7 Å². The number of carbonyl (C=O) groups is 1. The number of hydrogen-bond acceptors (Lipinski definition) is 5. The van der Waals surface area contributed by atoms with E-state index in [1.807, 2.05) is 9.80 Å². The molecule has 6 nitrogen and oxygen atoms in total. The third-order valence-electron chi connectivity index (χ3n) is 6.63. The van der Waals surface area contributed by atoms with Crippen LogP contribution in [0.2, 0.25) is 0 Å². The maximum absolute atomic E-state index is 13.4. The zero-order valence-electron chi connectivity index (χ0n) is 18.7. The molecule has 2 atom stereocenters. The molecule has 0 radical (unpaired) electrons. The molecule has 1 N–H and O–H groups in total. The van der Waals surface area contributed by atoms with E-state index in [0.717, 1.165) is 23.4 Å². The zero-order valence-corrected chi connectivity index (χ0v) is 18.7. The van der Waals surface area contributed by atoms with Crippen LogP contribution in [-0.4, -0.2) is 41.6 Å². The van der Waals surface area contributed by atoms with Gasteiger partial charge in [-0.05, 0) is 47.9 Å². The maximum Gasteiger partial charge on any atom is 0.416 e. The van der Waals surface area contributed by atoms with Crippen LogP contribution in [0.15, 0.2) is 61.1 Å². The number of halogens is 4. The first-order valence-electron chi connectivity index (χ1n) is 11.3. The topological polar surface area (TPSA) is 61.4 Å². The summed E-state index contributed by atoms with van der Waals surface area (Å²) < 4.78 is 53.4. The third kappa shape index (κ3) is 4.78. The highest BCUT2D eigenvalue weighted by Crippen LogP contribution is 2.40. The van der Waals surface area contributed by atoms with E-state index in [0.29, 0.717) is 31.0 Å². The Morgan fingerprint density at radius 3 is 2.60 bits per heavy atom. The van der Waals surface area contributed by atoms with Gasteiger partial charge in [0.15, 0.2) is 0 Å². The Bertz CT molecular complexity index is 1200. The number of carbonyl (C=O) groups excluding carboxylic acids is 1. The van der Waals surface area contributed by atoms with Gasteiger partial charge in [0.2, 0.25) is 5.91 Å². The van der Waals surface area contributed by atoms with E-state index in [2.05, 4.69) is 15.3 Å². The number of nitrogens with one attached hydrogen (secondary N) is 1. The first-order chi connectivity index (χ1) is 16.8. The summed E-state index contributed by atoms with van der Waals surface area (Å²) in [5.41, 5.74) is 1.24. The largest absolute Gasteiger partial charge is 0.416 e. The molecule has 2 aliphatic rings. The van der Waals surface area contributed by atoms with Gasteiger partial charge in [-0.3, -0.25) is 9.78 Å². The molecule has 35 heavy (non-hydrogen) atoms. The summed E-state index contributed by atoms with van der Waals surface area (Å²) in [7, 11) is 0. The van der Waals surface area contributed by atoms with Crippen molar-refractivity contribution in [3.8, 4) is 0 Å². The minimum atomic E-state index is -4.46. The van der Waals surface area contributed by atoms with Crippen molar-refractivity contribution in [1.29, 1.82) is 0 Å². The van der Waals surface area contributed by atoms with Gasteiger partial charge in [-0.2, -0.15) is 13.2 Å². The summed E-state index contributed by atoms with van der Waals surface area (Å²) in [6, 6.07) is 9.31. The second-order valence-corrected chi connectivity index (χ2v) is 8.77. The average molecular weight is 485 g/mol. The van der Waals surface area contributed by atoms with Gasteiger partial charge < -0.3 is 15.1 Å². The Balaban J connectivity index is 1.43. The number of amides is 1. The molecule has 1 amide bonds. The SMILES string of the molecule is O=C(NCc1ccc(F)cc1)[C@@H]1Cc2cc(C(F)(F)F)ccc2N2CCN(c3cnccn3)C[C@@H]12. The van der Waals surface area contributed by atoms with Crippen LogP contribution in [0.3, 0.4) is 0 Å². The van der Waals surface area contributed by atoms with Gasteiger partial charge in [0.05, 0.1) is 23.7 Å². The van der Waals surface area contributed by atoms with Gasteiger partial charge in [0.1, 0.15) is 11.6 Å². The van der Waals surface area contributed by atoms with Crippen molar-refractivity contribution in [3.63, 3.8) is 0 Å². The molecule has 1 fully saturated rings. The molecule has 1 aromatic heterocycles. The van der Waals surface area contributed by atoms with E-state index in [9.17, 15) is 22.4 Å². The Hall–Kier alpha value is -3.69. The number of rotatable bonds is 4. The Morgan fingerprint density at radius 2 is 1.89 bits per heavy atom. The number of alkyl halides is 3. The summed E-state index contributed by atoms with van der Waals surface area (Å²) in [6.07, 6.45) is 0.566. The summed E-state index contributed by atoms with van der Waals surface area (Å²) >= 11 is 0. The fraction of sp³-hybridized carbons (Fsp3) is 0.320. The number of benzene rings is 2. The molecule has 2 aromatic carbocycles. The Kier molecular flexibility index (Phi) is 6.04. The predicted octanol–water partition coefficient (Wildman–Crippen LogP) is 3.82. The Labute approximate surface area is 199 Å². The van der Waals surface area contributed by atoms with Crippen LogP contribution < -0.4 is 15.1 Å². The molecule has 10 heteroatoms. The van der Waals surface area contributed by atoms with Gasteiger partial charge in [-0.25, -0.2) is 9.37 Å². The highest BCUT2D eigenvalue weighted by molar-refractivity contribution is 5.82. The molecule has 1 saturated heterocycles. The van der Waals surface area contributed by atoms with Crippen molar-refractivity contribution in [2.24, 2.45) is 5.92 Å². The molecular weight excluding hydrogens is 462 g/mol. The van der Waals surface area contributed by atoms with Gasteiger partial charge in [-0.1, -0.05) is 12.1 Å². The van der Waals surface area contributed by atoms with Gasteiger partial charge >= 0.3 is 6.18 Å². The number of nitrogens with zero attached hydrogens (tertiary/aromatic N) is 4. The molecule has 2 aliphatic heterocycles. The van der Waals surface area contributed by atoms with E-state index in [1.54, 1.807) is 30.7 Å². The third-order valence-corrected chi connectivity index (χ3v) is 6.63. The van der Waals surface area contributed by atoms with Crippen LogP contribution in [-0.2, 0) is 23.9 Å². The molecule has 0 aliphatic carbocycles. The zero-order chi connectivity index (χ0) is 24.6. The summed E-state index contributed by atoms with van der Waals surface area (Å²) in [4.78, 5) is 25.9. The first kappa shape index (κ1) is 23.1. The number of aromatic nitrogens is 2. The fourth-order valence-corrected chi connectivity index (χ4v) is 4.88.